The predicted molar refractivity (Wildman–Crippen MR) is 140 cm³/mol. The van der Waals surface area contributed by atoms with Crippen LogP contribution in [0.2, 0.25) is 0 Å². The Hall–Kier alpha value is -3.24. The third kappa shape index (κ3) is 5.13. The van der Waals surface area contributed by atoms with Crippen molar-refractivity contribution >= 4 is 15.9 Å². The molecule has 10 heteroatoms. The van der Waals surface area contributed by atoms with Gasteiger partial charge in [-0.25, -0.2) is 17.9 Å². The fourth-order valence-electron chi connectivity index (χ4n) is 5.29. The molecule has 0 spiro atoms. The maximum absolute atomic E-state index is 13.1. The molecule has 2 aliphatic rings. The van der Waals surface area contributed by atoms with E-state index >= 15 is 0 Å². The van der Waals surface area contributed by atoms with Gasteiger partial charge in [0.1, 0.15) is 5.82 Å². The molecule has 196 valence electrons. The highest BCUT2D eigenvalue weighted by molar-refractivity contribution is 7.89. The summed E-state index contributed by atoms with van der Waals surface area (Å²) in [5, 5.41) is 4.70. The molecule has 0 atom stereocenters. The Labute approximate surface area is 217 Å². The number of piperidine rings is 1. The van der Waals surface area contributed by atoms with Crippen LogP contribution in [-0.2, 0) is 23.1 Å². The van der Waals surface area contributed by atoms with Crippen LogP contribution in [-0.4, -0.2) is 64.1 Å². The van der Waals surface area contributed by atoms with Crippen LogP contribution in [0.1, 0.15) is 60.3 Å². The van der Waals surface area contributed by atoms with Crippen molar-refractivity contribution in [2.45, 2.75) is 56.5 Å². The van der Waals surface area contributed by atoms with E-state index in [1.807, 2.05) is 37.3 Å². The molecule has 5 rings (SSSR count). The molecule has 3 heterocycles. The highest BCUT2D eigenvalue weighted by Crippen LogP contribution is 2.28. The Balaban J connectivity index is 1.25. The Morgan fingerprint density at radius 2 is 1.59 bits per heavy atom. The fourth-order valence-corrected chi connectivity index (χ4v) is 6.80. The highest BCUT2D eigenvalue weighted by atomic mass is 32.2. The summed E-state index contributed by atoms with van der Waals surface area (Å²) in [7, 11) is -3.50. The average molecular weight is 524 g/mol. The topological polar surface area (TPSA) is 97.5 Å². The molecule has 9 nitrogen and oxygen atoms in total. The van der Waals surface area contributed by atoms with Crippen LogP contribution in [0.3, 0.4) is 0 Å². The zero-order valence-corrected chi connectivity index (χ0v) is 21.9. The molecule has 0 N–H and O–H groups in total. The first-order valence-electron chi connectivity index (χ1n) is 13.0. The summed E-state index contributed by atoms with van der Waals surface area (Å²) in [4.78, 5) is 28.1. The largest absolute Gasteiger partial charge is 0.346 e. The number of hydrogen-bond donors (Lipinski definition) is 0. The van der Waals surface area contributed by atoms with Gasteiger partial charge in [0.25, 0.3) is 5.91 Å². The van der Waals surface area contributed by atoms with Crippen LogP contribution in [0.4, 0.5) is 0 Å². The summed E-state index contributed by atoms with van der Waals surface area (Å²) in [6, 6.07) is 16.1. The lowest BCUT2D eigenvalue weighted by Crippen LogP contribution is -2.38. The van der Waals surface area contributed by atoms with E-state index in [-0.39, 0.29) is 22.4 Å². The van der Waals surface area contributed by atoms with Gasteiger partial charge in [-0.15, -0.1) is 0 Å². The van der Waals surface area contributed by atoms with Gasteiger partial charge in [0, 0.05) is 44.2 Å². The highest BCUT2D eigenvalue weighted by Gasteiger charge is 2.30. The summed E-state index contributed by atoms with van der Waals surface area (Å²) >= 11 is 0. The summed E-state index contributed by atoms with van der Waals surface area (Å²) in [5.41, 5.74) is 1.40. The maximum Gasteiger partial charge on any atom is 0.346 e. The van der Waals surface area contributed by atoms with Gasteiger partial charge < -0.3 is 4.90 Å². The molecule has 0 aliphatic carbocycles. The molecule has 2 aliphatic heterocycles. The zero-order chi connectivity index (χ0) is 26.0. The minimum absolute atomic E-state index is 0.0988. The number of carbonyl (C=O) groups excluding carboxylic acids is 1. The maximum atomic E-state index is 13.1. The first kappa shape index (κ1) is 25.4. The van der Waals surface area contributed by atoms with E-state index < -0.39 is 10.0 Å². The van der Waals surface area contributed by atoms with Gasteiger partial charge in [-0.3, -0.25) is 9.36 Å². The number of benzene rings is 2. The number of hydrogen-bond acceptors (Lipinski definition) is 5. The fraction of sp³-hybridized carbons (Fsp3) is 0.444. The lowest BCUT2D eigenvalue weighted by atomic mass is 9.95. The molecular weight excluding hydrogens is 490 g/mol. The summed E-state index contributed by atoms with van der Waals surface area (Å²) < 4.78 is 30.3. The van der Waals surface area contributed by atoms with Crippen molar-refractivity contribution in [3.05, 3.63) is 82.0 Å². The lowest BCUT2D eigenvalue weighted by Gasteiger charge is -2.31. The van der Waals surface area contributed by atoms with Crippen molar-refractivity contribution in [3.63, 3.8) is 0 Å². The van der Waals surface area contributed by atoms with E-state index in [0.29, 0.717) is 44.8 Å². The summed E-state index contributed by atoms with van der Waals surface area (Å²) in [6.07, 6.45) is 3.20. The minimum atomic E-state index is -3.50. The smallest absolute Gasteiger partial charge is 0.339 e. The van der Waals surface area contributed by atoms with Crippen molar-refractivity contribution in [1.82, 2.24) is 23.6 Å². The third-order valence-corrected chi connectivity index (χ3v) is 9.31. The van der Waals surface area contributed by atoms with Gasteiger partial charge in [-0.1, -0.05) is 30.3 Å². The standard InChI is InChI=1S/C27H33N5O4S/c1-2-31-25(28-32(27(31)34)20-21-8-4-3-5-9-21)22-14-18-29(19-15-22)26(33)23-10-12-24(13-11-23)37(35,36)30-16-6-7-17-30/h3-5,8-13,22H,2,6-7,14-20H2,1H3. The van der Waals surface area contributed by atoms with E-state index in [1.54, 1.807) is 21.6 Å². The van der Waals surface area contributed by atoms with E-state index in [9.17, 15) is 18.0 Å². The Bertz CT molecular complexity index is 1400. The van der Waals surface area contributed by atoms with Crippen molar-refractivity contribution in [2.24, 2.45) is 0 Å². The number of carbonyl (C=O) groups is 1. The molecule has 0 radical (unpaired) electrons. The number of nitrogens with zero attached hydrogens (tertiary/aromatic N) is 5. The molecule has 2 fully saturated rings. The van der Waals surface area contributed by atoms with E-state index in [4.69, 9.17) is 5.10 Å². The molecule has 1 aromatic heterocycles. The number of amides is 1. The Morgan fingerprint density at radius 1 is 0.946 bits per heavy atom. The normalized spacial score (nSPS) is 17.4. The van der Waals surface area contributed by atoms with Crippen molar-refractivity contribution in [3.8, 4) is 0 Å². The number of aromatic nitrogens is 3. The molecule has 0 unspecified atom stereocenters. The number of likely N-dealkylation sites (tertiary alicyclic amines) is 1. The molecule has 3 aromatic rings. The number of sulfonamides is 1. The van der Waals surface area contributed by atoms with Crippen LogP contribution in [0.25, 0.3) is 0 Å². The van der Waals surface area contributed by atoms with Crippen molar-refractivity contribution in [1.29, 1.82) is 0 Å². The van der Waals surface area contributed by atoms with Crippen LogP contribution in [0.15, 0.2) is 64.3 Å². The second kappa shape index (κ2) is 10.6. The van der Waals surface area contributed by atoms with E-state index in [2.05, 4.69) is 0 Å². The Kier molecular flexibility index (Phi) is 7.30. The third-order valence-electron chi connectivity index (χ3n) is 7.39. The second-order valence-electron chi connectivity index (χ2n) is 9.73. The monoisotopic (exact) mass is 523 g/mol. The van der Waals surface area contributed by atoms with Gasteiger partial charge in [0.15, 0.2) is 0 Å². The zero-order valence-electron chi connectivity index (χ0n) is 21.1. The molecule has 2 saturated heterocycles. The van der Waals surface area contributed by atoms with Gasteiger partial charge >= 0.3 is 5.69 Å². The Morgan fingerprint density at radius 3 is 2.22 bits per heavy atom. The van der Waals surface area contributed by atoms with E-state index in [0.717, 1.165) is 37.1 Å². The first-order chi connectivity index (χ1) is 17.9. The molecule has 2 aromatic carbocycles. The second-order valence-corrected chi connectivity index (χ2v) is 11.7. The SMILES string of the molecule is CCn1c(C2CCN(C(=O)c3ccc(S(=O)(=O)N4CCCC4)cc3)CC2)nn(Cc2ccccc2)c1=O. The van der Waals surface area contributed by atoms with Gasteiger partial charge in [-0.2, -0.15) is 9.40 Å². The molecule has 1 amide bonds. The molecule has 0 bridgehead atoms. The lowest BCUT2D eigenvalue weighted by molar-refractivity contribution is 0.0710. The van der Waals surface area contributed by atoms with Crippen molar-refractivity contribution < 1.29 is 13.2 Å². The summed E-state index contributed by atoms with van der Waals surface area (Å²) in [5.74, 6) is 0.778. The van der Waals surface area contributed by atoms with Gasteiger partial charge in [-0.05, 0) is 62.4 Å². The van der Waals surface area contributed by atoms with Gasteiger partial charge in [0.05, 0.1) is 11.4 Å². The molecule has 37 heavy (non-hydrogen) atoms. The number of rotatable bonds is 7. The van der Waals surface area contributed by atoms with Crippen molar-refractivity contribution in [2.75, 3.05) is 26.2 Å². The quantitative estimate of drug-likeness (QED) is 0.474. The van der Waals surface area contributed by atoms with Crippen LogP contribution >= 0.6 is 0 Å². The minimum Gasteiger partial charge on any atom is -0.339 e. The first-order valence-corrected chi connectivity index (χ1v) is 14.4. The summed E-state index contributed by atoms with van der Waals surface area (Å²) in [6.45, 7) is 5.14. The van der Waals surface area contributed by atoms with Crippen LogP contribution in [0, 0.1) is 0 Å². The predicted octanol–water partition coefficient (Wildman–Crippen LogP) is 2.92. The molecular formula is C27H33N5O4S. The molecule has 0 saturated carbocycles. The van der Waals surface area contributed by atoms with Gasteiger partial charge in [0.2, 0.25) is 10.0 Å². The van der Waals surface area contributed by atoms with Crippen LogP contribution < -0.4 is 5.69 Å². The average Bonchev–Trinajstić information content (AvgIpc) is 3.58. The van der Waals surface area contributed by atoms with Crippen LogP contribution in [0.5, 0.6) is 0 Å². The van der Waals surface area contributed by atoms with E-state index in [1.165, 1.54) is 21.1 Å².